The molecular formula is C13H23F3N2O. The average Bonchev–Trinajstić information content (AvgIpc) is 2.77. The van der Waals surface area contributed by atoms with Gasteiger partial charge in [0.1, 0.15) is 0 Å². The Morgan fingerprint density at radius 2 is 2.11 bits per heavy atom. The van der Waals surface area contributed by atoms with Gasteiger partial charge in [-0.25, -0.2) is 0 Å². The zero-order valence-electron chi connectivity index (χ0n) is 11.4. The minimum atomic E-state index is -4.09. The molecule has 2 N–H and O–H groups in total. The molecule has 0 radical (unpaired) electrons. The zero-order valence-corrected chi connectivity index (χ0v) is 11.4. The van der Waals surface area contributed by atoms with Crippen molar-refractivity contribution < 1.29 is 18.0 Å². The summed E-state index contributed by atoms with van der Waals surface area (Å²) in [5.74, 6) is -0.00800. The molecule has 0 aromatic rings. The number of hydrogen-bond acceptors (Lipinski definition) is 2. The third-order valence-corrected chi connectivity index (χ3v) is 3.63. The van der Waals surface area contributed by atoms with Crippen molar-refractivity contribution in [3.8, 4) is 0 Å². The van der Waals surface area contributed by atoms with E-state index in [1.807, 2.05) is 6.92 Å². The Labute approximate surface area is 112 Å². The quantitative estimate of drug-likeness (QED) is 0.704. The van der Waals surface area contributed by atoms with Gasteiger partial charge in [-0.1, -0.05) is 13.3 Å². The van der Waals surface area contributed by atoms with Gasteiger partial charge >= 0.3 is 6.18 Å². The average molecular weight is 280 g/mol. The van der Waals surface area contributed by atoms with Crippen molar-refractivity contribution in [2.45, 2.75) is 51.6 Å². The first-order valence-electron chi connectivity index (χ1n) is 6.95. The van der Waals surface area contributed by atoms with Crippen LogP contribution in [0.5, 0.6) is 0 Å². The Bertz CT molecular complexity index is 286. The fourth-order valence-corrected chi connectivity index (χ4v) is 2.58. The van der Waals surface area contributed by atoms with E-state index in [0.29, 0.717) is 19.5 Å². The molecule has 1 fully saturated rings. The number of amides is 1. The van der Waals surface area contributed by atoms with E-state index in [4.69, 9.17) is 0 Å². The predicted molar refractivity (Wildman–Crippen MR) is 67.7 cm³/mol. The molecule has 0 aromatic carbocycles. The van der Waals surface area contributed by atoms with Crippen LogP contribution in [-0.4, -0.2) is 31.7 Å². The molecule has 0 spiro atoms. The van der Waals surface area contributed by atoms with Crippen molar-refractivity contribution in [2.75, 3.05) is 19.6 Å². The highest BCUT2D eigenvalue weighted by molar-refractivity contribution is 5.83. The summed E-state index contributed by atoms with van der Waals surface area (Å²) in [5.41, 5.74) is -0.348. The van der Waals surface area contributed by atoms with E-state index in [2.05, 4.69) is 10.6 Å². The third kappa shape index (κ3) is 5.38. The Morgan fingerprint density at radius 1 is 1.37 bits per heavy atom. The molecule has 1 aliphatic heterocycles. The van der Waals surface area contributed by atoms with Crippen LogP contribution in [0.4, 0.5) is 13.2 Å². The Balaban J connectivity index is 2.26. The highest BCUT2D eigenvalue weighted by Gasteiger charge is 2.39. The zero-order chi connectivity index (χ0) is 14.4. The number of carbonyl (C=O) groups is 1. The maximum Gasteiger partial charge on any atom is 0.389 e. The molecule has 1 rings (SSSR count). The summed E-state index contributed by atoms with van der Waals surface area (Å²) in [6.45, 7) is 3.88. The molecule has 1 saturated heterocycles. The van der Waals surface area contributed by atoms with Crippen LogP contribution >= 0.6 is 0 Å². The third-order valence-electron chi connectivity index (χ3n) is 3.63. The summed E-state index contributed by atoms with van der Waals surface area (Å²) < 4.78 is 35.9. The lowest BCUT2D eigenvalue weighted by atomic mass is 9.81. The van der Waals surface area contributed by atoms with Crippen LogP contribution in [0.2, 0.25) is 0 Å². The number of halogens is 3. The second-order valence-corrected chi connectivity index (χ2v) is 5.29. The molecule has 0 bridgehead atoms. The lowest BCUT2D eigenvalue weighted by Gasteiger charge is -2.26. The van der Waals surface area contributed by atoms with Crippen LogP contribution in [-0.2, 0) is 4.79 Å². The number of carbonyl (C=O) groups excluding carboxylic acids is 1. The molecule has 0 saturated carbocycles. The first-order chi connectivity index (χ1) is 8.90. The van der Waals surface area contributed by atoms with E-state index < -0.39 is 12.6 Å². The van der Waals surface area contributed by atoms with E-state index in [1.165, 1.54) is 0 Å². The summed E-state index contributed by atoms with van der Waals surface area (Å²) >= 11 is 0. The van der Waals surface area contributed by atoms with Crippen molar-refractivity contribution in [1.82, 2.24) is 10.6 Å². The summed E-state index contributed by atoms with van der Waals surface area (Å²) in [6.07, 6.45) is -1.84. The van der Waals surface area contributed by atoms with E-state index >= 15 is 0 Å². The van der Waals surface area contributed by atoms with Crippen LogP contribution in [0.3, 0.4) is 0 Å². The molecule has 6 heteroatoms. The summed E-state index contributed by atoms with van der Waals surface area (Å²) in [7, 11) is 0. The van der Waals surface area contributed by atoms with Gasteiger partial charge < -0.3 is 10.6 Å². The fraction of sp³-hybridized carbons (Fsp3) is 0.923. The fourth-order valence-electron chi connectivity index (χ4n) is 2.58. The largest absolute Gasteiger partial charge is 0.389 e. The number of rotatable bonds is 7. The summed E-state index contributed by atoms with van der Waals surface area (Å²) in [6, 6.07) is 0. The Hall–Kier alpha value is -0.780. The van der Waals surface area contributed by atoms with E-state index in [9.17, 15) is 18.0 Å². The summed E-state index contributed by atoms with van der Waals surface area (Å²) in [5, 5.41) is 5.98. The van der Waals surface area contributed by atoms with E-state index in [0.717, 1.165) is 25.8 Å². The number of nitrogens with one attached hydrogen (secondary N) is 2. The smallest absolute Gasteiger partial charge is 0.356 e. The van der Waals surface area contributed by atoms with E-state index in [1.54, 1.807) is 0 Å². The molecule has 3 nitrogen and oxygen atoms in total. The topological polar surface area (TPSA) is 41.1 Å². The first-order valence-corrected chi connectivity index (χ1v) is 6.95. The molecule has 19 heavy (non-hydrogen) atoms. The maximum absolute atomic E-state index is 12.1. The number of alkyl halides is 3. The molecule has 1 amide bonds. The second kappa shape index (κ2) is 7.12. The van der Waals surface area contributed by atoms with Crippen LogP contribution in [0, 0.1) is 5.41 Å². The van der Waals surface area contributed by atoms with Gasteiger partial charge in [0.2, 0.25) is 5.91 Å². The van der Waals surface area contributed by atoms with Crippen LogP contribution in [0.15, 0.2) is 0 Å². The van der Waals surface area contributed by atoms with Crippen molar-refractivity contribution in [3.05, 3.63) is 0 Å². The number of hydrogen-bond donors (Lipinski definition) is 2. The normalized spacial score (nSPS) is 23.6. The maximum atomic E-state index is 12.1. The molecule has 0 aromatic heterocycles. The van der Waals surface area contributed by atoms with Crippen molar-refractivity contribution in [3.63, 3.8) is 0 Å². The number of unbranched alkanes of at least 4 members (excludes halogenated alkanes) is 1. The minimum Gasteiger partial charge on any atom is -0.356 e. The molecule has 1 atom stereocenters. The lowest BCUT2D eigenvalue weighted by Crippen LogP contribution is -2.42. The Kier molecular flexibility index (Phi) is 6.10. The second-order valence-electron chi connectivity index (χ2n) is 5.29. The lowest BCUT2D eigenvalue weighted by molar-refractivity contribution is -0.135. The van der Waals surface area contributed by atoms with Gasteiger partial charge in [0.25, 0.3) is 0 Å². The van der Waals surface area contributed by atoms with Gasteiger partial charge in [-0.3, -0.25) is 4.79 Å². The SMILES string of the molecule is CCCC1(C(=O)NCCCCC(F)(F)F)CCNC1. The molecule has 112 valence electrons. The van der Waals surface area contributed by atoms with Crippen molar-refractivity contribution in [1.29, 1.82) is 0 Å². The highest BCUT2D eigenvalue weighted by atomic mass is 19.4. The van der Waals surface area contributed by atoms with Gasteiger partial charge in [0.05, 0.1) is 5.41 Å². The van der Waals surface area contributed by atoms with Crippen molar-refractivity contribution in [2.24, 2.45) is 5.41 Å². The molecule has 1 heterocycles. The van der Waals surface area contributed by atoms with Gasteiger partial charge in [-0.05, 0) is 32.2 Å². The predicted octanol–water partition coefficient (Wildman–Crippen LogP) is 2.62. The van der Waals surface area contributed by atoms with Crippen molar-refractivity contribution >= 4 is 5.91 Å². The van der Waals surface area contributed by atoms with Gasteiger partial charge in [0.15, 0.2) is 0 Å². The van der Waals surface area contributed by atoms with Crippen LogP contribution < -0.4 is 10.6 Å². The molecular weight excluding hydrogens is 257 g/mol. The van der Waals surface area contributed by atoms with E-state index in [-0.39, 0.29) is 17.7 Å². The molecule has 1 unspecified atom stereocenters. The monoisotopic (exact) mass is 280 g/mol. The molecule has 0 aliphatic carbocycles. The first kappa shape index (κ1) is 16.3. The highest BCUT2D eigenvalue weighted by Crippen LogP contribution is 2.31. The van der Waals surface area contributed by atoms with Crippen LogP contribution in [0.25, 0.3) is 0 Å². The van der Waals surface area contributed by atoms with Gasteiger partial charge in [-0.2, -0.15) is 13.2 Å². The minimum absolute atomic E-state index is 0.00800. The van der Waals surface area contributed by atoms with Gasteiger partial charge in [0, 0.05) is 19.5 Å². The summed E-state index contributed by atoms with van der Waals surface area (Å²) in [4.78, 5) is 12.1. The Morgan fingerprint density at radius 3 is 2.63 bits per heavy atom. The van der Waals surface area contributed by atoms with Crippen LogP contribution in [0.1, 0.15) is 45.4 Å². The van der Waals surface area contributed by atoms with Gasteiger partial charge in [-0.15, -0.1) is 0 Å². The molecule has 1 aliphatic rings. The standard InChI is InChI=1S/C13H23F3N2O/c1-2-5-12(7-9-17-10-12)11(19)18-8-4-3-6-13(14,15)16/h17H,2-10H2,1H3,(H,18,19).